The van der Waals surface area contributed by atoms with E-state index in [-0.39, 0.29) is 12.7 Å². The first-order chi connectivity index (χ1) is 8.29. The second-order valence-electron chi connectivity index (χ2n) is 4.64. The number of rotatable bonds is 5. The molecule has 1 aromatic rings. The smallest absolute Gasteiger partial charge is 0.0748 e. The molecule has 3 heteroatoms. The van der Waals surface area contributed by atoms with E-state index in [9.17, 15) is 0 Å². The number of anilines is 1. The molecule has 0 radical (unpaired) electrons. The van der Waals surface area contributed by atoms with Crippen LogP contribution in [0.5, 0.6) is 0 Å². The number of hydrogen-bond donors (Lipinski definition) is 2. The quantitative estimate of drug-likeness (QED) is 0.822. The largest absolute Gasteiger partial charge is 0.396 e. The van der Waals surface area contributed by atoms with Crippen LogP contribution in [0.1, 0.15) is 25.3 Å². The molecule has 0 amide bonds. The summed E-state index contributed by atoms with van der Waals surface area (Å²) in [7, 11) is 0. The summed E-state index contributed by atoms with van der Waals surface area (Å²) in [5.74, 6) is 0. The SMILES string of the molecule is CC1OCCC1Nc1cccc(CCCO)c1. The van der Waals surface area contributed by atoms with Gasteiger partial charge < -0.3 is 15.2 Å². The first-order valence-corrected chi connectivity index (χ1v) is 6.37. The Hall–Kier alpha value is -1.06. The summed E-state index contributed by atoms with van der Waals surface area (Å²) in [6, 6.07) is 8.85. The Morgan fingerprint density at radius 3 is 3.06 bits per heavy atom. The molecule has 1 heterocycles. The van der Waals surface area contributed by atoms with Crippen molar-refractivity contribution in [3.8, 4) is 0 Å². The highest BCUT2D eigenvalue weighted by Gasteiger charge is 2.23. The minimum absolute atomic E-state index is 0.255. The van der Waals surface area contributed by atoms with Crippen LogP contribution in [-0.2, 0) is 11.2 Å². The van der Waals surface area contributed by atoms with Crippen molar-refractivity contribution in [2.45, 2.75) is 38.3 Å². The molecule has 1 fully saturated rings. The van der Waals surface area contributed by atoms with E-state index in [1.54, 1.807) is 0 Å². The Balaban J connectivity index is 1.95. The Morgan fingerprint density at radius 2 is 2.35 bits per heavy atom. The molecule has 2 atom stereocenters. The highest BCUT2D eigenvalue weighted by Crippen LogP contribution is 2.20. The topological polar surface area (TPSA) is 41.5 Å². The van der Waals surface area contributed by atoms with Crippen molar-refractivity contribution in [3.63, 3.8) is 0 Å². The van der Waals surface area contributed by atoms with Gasteiger partial charge in [0.25, 0.3) is 0 Å². The fourth-order valence-electron chi connectivity index (χ4n) is 2.24. The van der Waals surface area contributed by atoms with E-state index < -0.39 is 0 Å². The third-order valence-electron chi connectivity index (χ3n) is 3.28. The third-order valence-corrected chi connectivity index (χ3v) is 3.28. The third kappa shape index (κ3) is 3.45. The first kappa shape index (κ1) is 12.4. The van der Waals surface area contributed by atoms with Crippen LogP contribution < -0.4 is 5.32 Å². The zero-order valence-corrected chi connectivity index (χ0v) is 10.4. The first-order valence-electron chi connectivity index (χ1n) is 6.37. The van der Waals surface area contributed by atoms with Gasteiger partial charge in [0.1, 0.15) is 0 Å². The van der Waals surface area contributed by atoms with Crippen molar-refractivity contribution in [1.82, 2.24) is 0 Å². The Kier molecular flexibility index (Phi) is 4.40. The molecule has 94 valence electrons. The van der Waals surface area contributed by atoms with E-state index in [2.05, 4.69) is 36.5 Å². The molecular weight excluding hydrogens is 214 g/mol. The zero-order valence-electron chi connectivity index (χ0n) is 10.4. The van der Waals surface area contributed by atoms with Crippen molar-refractivity contribution in [2.75, 3.05) is 18.5 Å². The molecule has 2 unspecified atom stereocenters. The van der Waals surface area contributed by atoms with Crippen LogP contribution in [-0.4, -0.2) is 30.5 Å². The molecule has 17 heavy (non-hydrogen) atoms. The Bertz CT molecular complexity index is 354. The molecule has 1 aliphatic heterocycles. The second-order valence-corrected chi connectivity index (χ2v) is 4.64. The lowest BCUT2D eigenvalue weighted by atomic mass is 10.1. The summed E-state index contributed by atoms with van der Waals surface area (Å²) < 4.78 is 5.54. The van der Waals surface area contributed by atoms with Gasteiger partial charge in [-0.15, -0.1) is 0 Å². The molecule has 0 aromatic heterocycles. The predicted molar refractivity (Wildman–Crippen MR) is 69.3 cm³/mol. The lowest BCUT2D eigenvalue weighted by molar-refractivity contribution is 0.121. The van der Waals surface area contributed by atoms with Gasteiger partial charge in [-0.1, -0.05) is 12.1 Å². The molecule has 0 aliphatic carbocycles. The average molecular weight is 235 g/mol. The summed E-state index contributed by atoms with van der Waals surface area (Å²) in [6.45, 7) is 3.22. The van der Waals surface area contributed by atoms with Gasteiger partial charge in [-0.25, -0.2) is 0 Å². The van der Waals surface area contributed by atoms with Gasteiger partial charge in [-0.05, 0) is 43.9 Å². The lowest BCUT2D eigenvalue weighted by Gasteiger charge is -2.17. The predicted octanol–water partition coefficient (Wildman–Crippen LogP) is 2.20. The monoisotopic (exact) mass is 235 g/mol. The maximum atomic E-state index is 8.83. The van der Waals surface area contributed by atoms with Crippen molar-refractivity contribution in [3.05, 3.63) is 29.8 Å². The van der Waals surface area contributed by atoms with Crippen LogP contribution in [0.3, 0.4) is 0 Å². The van der Waals surface area contributed by atoms with Crippen LogP contribution in [0, 0.1) is 0 Å². The van der Waals surface area contributed by atoms with Crippen LogP contribution in [0.15, 0.2) is 24.3 Å². The summed E-state index contributed by atoms with van der Waals surface area (Å²) in [4.78, 5) is 0. The van der Waals surface area contributed by atoms with Gasteiger partial charge in [0.15, 0.2) is 0 Å². The maximum Gasteiger partial charge on any atom is 0.0748 e. The minimum Gasteiger partial charge on any atom is -0.396 e. The molecule has 1 aromatic carbocycles. The second kappa shape index (κ2) is 6.03. The maximum absolute atomic E-state index is 8.83. The van der Waals surface area contributed by atoms with Crippen molar-refractivity contribution >= 4 is 5.69 Å². The Labute approximate surface area is 103 Å². The molecule has 1 aliphatic rings. The van der Waals surface area contributed by atoms with Crippen molar-refractivity contribution in [1.29, 1.82) is 0 Å². The molecule has 2 rings (SSSR count). The summed E-state index contributed by atoms with van der Waals surface area (Å²) >= 11 is 0. The van der Waals surface area contributed by atoms with E-state index in [0.717, 1.165) is 31.6 Å². The van der Waals surface area contributed by atoms with E-state index in [4.69, 9.17) is 9.84 Å². The number of aliphatic hydroxyl groups is 1. The normalized spacial score (nSPS) is 23.9. The van der Waals surface area contributed by atoms with Crippen molar-refractivity contribution in [2.24, 2.45) is 0 Å². The van der Waals surface area contributed by atoms with Gasteiger partial charge in [-0.2, -0.15) is 0 Å². The van der Waals surface area contributed by atoms with Crippen LogP contribution >= 0.6 is 0 Å². The molecule has 2 N–H and O–H groups in total. The van der Waals surface area contributed by atoms with E-state index in [1.165, 1.54) is 5.56 Å². The standard InChI is InChI=1S/C14H21NO2/c1-11-14(7-9-17-11)15-13-6-2-4-12(10-13)5-3-8-16/h2,4,6,10-11,14-16H,3,5,7-9H2,1H3. The molecule has 0 spiro atoms. The molecule has 0 saturated carbocycles. The average Bonchev–Trinajstić information content (AvgIpc) is 2.73. The number of nitrogens with one attached hydrogen (secondary N) is 1. The van der Waals surface area contributed by atoms with Gasteiger partial charge in [0, 0.05) is 18.9 Å². The highest BCUT2D eigenvalue weighted by atomic mass is 16.5. The zero-order chi connectivity index (χ0) is 12.1. The number of hydrogen-bond acceptors (Lipinski definition) is 3. The van der Waals surface area contributed by atoms with E-state index >= 15 is 0 Å². The van der Waals surface area contributed by atoms with E-state index in [0.29, 0.717) is 6.04 Å². The fraction of sp³-hybridized carbons (Fsp3) is 0.571. The molecule has 1 saturated heterocycles. The Morgan fingerprint density at radius 1 is 1.47 bits per heavy atom. The van der Waals surface area contributed by atoms with Gasteiger partial charge in [-0.3, -0.25) is 0 Å². The van der Waals surface area contributed by atoms with Gasteiger partial charge in [0.2, 0.25) is 0 Å². The van der Waals surface area contributed by atoms with E-state index in [1.807, 2.05) is 0 Å². The summed E-state index contributed by atoms with van der Waals surface area (Å²) in [5, 5.41) is 12.3. The fourth-order valence-corrected chi connectivity index (χ4v) is 2.24. The lowest BCUT2D eigenvalue weighted by Crippen LogP contribution is -2.26. The number of ether oxygens (including phenoxy) is 1. The summed E-state index contributed by atoms with van der Waals surface area (Å²) in [5.41, 5.74) is 2.43. The van der Waals surface area contributed by atoms with Crippen LogP contribution in [0.25, 0.3) is 0 Å². The molecule has 0 bridgehead atoms. The van der Waals surface area contributed by atoms with Gasteiger partial charge in [0.05, 0.1) is 12.1 Å². The van der Waals surface area contributed by atoms with Crippen molar-refractivity contribution < 1.29 is 9.84 Å². The molecular formula is C14H21NO2. The highest BCUT2D eigenvalue weighted by molar-refractivity contribution is 5.47. The minimum atomic E-state index is 0.255. The van der Waals surface area contributed by atoms with Gasteiger partial charge >= 0.3 is 0 Å². The van der Waals surface area contributed by atoms with Crippen LogP contribution in [0.2, 0.25) is 0 Å². The molecule has 3 nitrogen and oxygen atoms in total. The number of aryl methyl sites for hydroxylation is 1. The number of benzene rings is 1. The summed E-state index contributed by atoms with van der Waals surface area (Å²) in [6.07, 6.45) is 3.12. The number of aliphatic hydroxyl groups excluding tert-OH is 1. The van der Waals surface area contributed by atoms with Crippen LogP contribution in [0.4, 0.5) is 5.69 Å².